The topological polar surface area (TPSA) is 31.4 Å². The number of hydrogen-bond acceptors (Lipinski definition) is 5. The minimum Gasteiger partial charge on any atom is -0.360 e. The first-order valence-electron chi connectivity index (χ1n) is 7.82. The molecule has 1 atom stereocenters. The number of fused-ring (bicyclic) bond motifs is 1. The molecule has 1 fully saturated rings. The molecule has 1 aliphatic heterocycles. The highest BCUT2D eigenvalue weighted by Crippen LogP contribution is 2.25. The Kier molecular flexibility index (Phi) is 4.73. The maximum atomic E-state index is 4.64. The van der Waals surface area contributed by atoms with Crippen LogP contribution in [0.25, 0.3) is 10.2 Å². The Morgan fingerprint density at radius 2 is 2.00 bits per heavy atom. The first kappa shape index (κ1) is 14.8. The van der Waals surface area contributed by atoms with Gasteiger partial charge in [0.1, 0.15) is 0 Å². The normalized spacial score (nSPS) is 19.0. The summed E-state index contributed by atoms with van der Waals surface area (Å²) in [7, 11) is 0. The van der Waals surface area contributed by atoms with Crippen molar-refractivity contribution in [3.05, 3.63) is 24.3 Å². The minimum atomic E-state index is 0.552. The summed E-state index contributed by atoms with van der Waals surface area (Å²) in [6.45, 7) is 11.4. The van der Waals surface area contributed by atoms with Gasteiger partial charge in [-0.15, -0.1) is 0 Å². The SMILES string of the molecule is CCN1CCN([C@@H](C)CNc2nc3ccccc3s2)CC1. The smallest absolute Gasteiger partial charge is 0.183 e. The van der Waals surface area contributed by atoms with E-state index in [1.54, 1.807) is 11.3 Å². The Balaban J connectivity index is 1.52. The lowest BCUT2D eigenvalue weighted by Crippen LogP contribution is -2.50. The Bertz CT molecular complexity index is 541. The van der Waals surface area contributed by atoms with Gasteiger partial charge in [-0.1, -0.05) is 30.4 Å². The van der Waals surface area contributed by atoms with Crippen molar-refractivity contribution in [2.75, 3.05) is 44.6 Å². The van der Waals surface area contributed by atoms with Crippen molar-refractivity contribution >= 4 is 26.7 Å². The maximum Gasteiger partial charge on any atom is 0.183 e. The highest BCUT2D eigenvalue weighted by Gasteiger charge is 2.20. The molecule has 0 radical (unpaired) electrons. The zero-order valence-electron chi connectivity index (χ0n) is 12.9. The van der Waals surface area contributed by atoms with E-state index in [4.69, 9.17) is 0 Å². The van der Waals surface area contributed by atoms with E-state index in [0.717, 1.165) is 17.2 Å². The second-order valence-corrected chi connectivity index (χ2v) is 6.72. The number of nitrogens with zero attached hydrogens (tertiary/aromatic N) is 3. The maximum absolute atomic E-state index is 4.64. The molecule has 114 valence electrons. The van der Waals surface area contributed by atoms with Crippen LogP contribution < -0.4 is 5.32 Å². The van der Waals surface area contributed by atoms with Gasteiger partial charge < -0.3 is 10.2 Å². The minimum absolute atomic E-state index is 0.552. The van der Waals surface area contributed by atoms with Gasteiger partial charge in [-0.25, -0.2) is 4.98 Å². The number of benzene rings is 1. The van der Waals surface area contributed by atoms with E-state index in [9.17, 15) is 0 Å². The van der Waals surface area contributed by atoms with Gasteiger partial charge in [0.25, 0.3) is 0 Å². The summed E-state index contributed by atoms with van der Waals surface area (Å²) in [5.74, 6) is 0. The third-order valence-electron chi connectivity index (χ3n) is 4.32. The Morgan fingerprint density at radius 3 is 2.71 bits per heavy atom. The van der Waals surface area contributed by atoms with Gasteiger partial charge in [-0.2, -0.15) is 0 Å². The van der Waals surface area contributed by atoms with Gasteiger partial charge in [-0.3, -0.25) is 4.90 Å². The van der Waals surface area contributed by atoms with Crippen LogP contribution >= 0.6 is 11.3 Å². The summed E-state index contributed by atoms with van der Waals surface area (Å²) in [6, 6.07) is 8.87. The fourth-order valence-electron chi connectivity index (χ4n) is 2.83. The second kappa shape index (κ2) is 6.73. The fourth-order valence-corrected chi connectivity index (χ4v) is 3.70. The zero-order valence-corrected chi connectivity index (χ0v) is 13.7. The molecule has 0 saturated carbocycles. The highest BCUT2D eigenvalue weighted by molar-refractivity contribution is 7.22. The summed E-state index contributed by atoms with van der Waals surface area (Å²) in [5.41, 5.74) is 1.09. The van der Waals surface area contributed by atoms with Crippen LogP contribution in [0, 0.1) is 0 Å². The number of hydrogen-bond donors (Lipinski definition) is 1. The molecular weight excluding hydrogens is 280 g/mol. The van der Waals surface area contributed by atoms with Crippen LogP contribution in [0.5, 0.6) is 0 Å². The van der Waals surface area contributed by atoms with Gasteiger partial charge >= 0.3 is 0 Å². The van der Waals surface area contributed by atoms with Gasteiger partial charge in [0.2, 0.25) is 0 Å². The molecule has 1 aliphatic rings. The molecule has 1 aromatic heterocycles. The summed E-state index contributed by atoms with van der Waals surface area (Å²) >= 11 is 1.74. The van der Waals surface area contributed by atoms with E-state index in [0.29, 0.717) is 6.04 Å². The number of para-hydroxylation sites is 1. The predicted octanol–water partition coefficient (Wildman–Crippen LogP) is 2.73. The monoisotopic (exact) mass is 304 g/mol. The molecule has 2 aromatic rings. The van der Waals surface area contributed by atoms with Crippen molar-refractivity contribution in [3.8, 4) is 0 Å². The van der Waals surface area contributed by atoms with Crippen LogP contribution in [0.1, 0.15) is 13.8 Å². The van der Waals surface area contributed by atoms with Crippen LogP contribution in [0.15, 0.2) is 24.3 Å². The number of aromatic nitrogens is 1. The predicted molar refractivity (Wildman–Crippen MR) is 91.3 cm³/mol. The van der Waals surface area contributed by atoms with E-state index in [1.807, 2.05) is 6.07 Å². The van der Waals surface area contributed by atoms with Gasteiger partial charge in [0.15, 0.2) is 5.13 Å². The molecule has 0 aliphatic carbocycles. The molecule has 2 heterocycles. The third-order valence-corrected chi connectivity index (χ3v) is 5.31. The average Bonchev–Trinajstić information content (AvgIpc) is 2.95. The number of piperazine rings is 1. The number of likely N-dealkylation sites (N-methyl/N-ethyl adjacent to an activating group) is 1. The lowest BCUT2D eigenvalue weighted by atomic mass is 10.2. The van der Waals surface area contributed by atoms with Crippen molar-refractivity contribution < 1.29 is 0 Å². The van der Waals surface area contributed by atoms with Crippen molar-refractivity contribution in [1.82, 2.24) is 14.8 Å². The van der Waals surface area contributed by atoms with Crippen molar-refractivity contribution in [1.29, 1.82) is 0 Å². The molecule has 3 rings (SSSR count). The van der Waals surface area contributed by atoms with Crippen LogP contribution in [-0.2, 0) is 0 Å². The quantitative estimate of drug-likeness (QED) is 0.920. The summed E-state index contributed by atoms with van der Waals surface area (Å²) < 4.78 is 1.25. The molecule has 1 N–H and O–H groups in total. The third kappa shape index (κ3) is 3.54. The van der Waals surface area contributed by atoms with E-state index in [2.05, 4.69) is 52.1 Å². The van der Waals surface area contributed by atoms with Crippen LogP contribution in [0.4, 0.5) is 5.13 Å². The highest BCUT2D eigenvalue weighted by atomic mass is 32.1. The van der Waals surface area contributed by atoms with E-state index < -0.39 is 0 Å². The molecule has 4 nitrogen and oxygen atoms in total. The number of nitrogens with one attached hydrogen (secondary N) is 1. The molecule has 21 heavy (non-hydrogen) atoms. The Morgan fingerprint density at radius 1 is 1.24 bits per heavy atom. The second-order valence-electron chi connectivity index (χ2n) is 5.69. The number of rotatable bonds is 5. The summed E-state index contributed by atoms with van der Waals surface area (Å²) in [5, 5.41) is 4.55. The first-order valence-corrected chi connectivity index (χ1v) is 8.63. The van der Waals surface area contributed by atoms with Crippen LogP contribution in [-0.4, -0.2) is 60.1 Å². The zero-order chi connectivity index (χ0) is 14.7. The number of anilines is 1. The molecule has 0 bridgehead atoms. The first-order chi connectivity index (χ1) is 10.3. The summed E-state index contributed by atoms with van der Waals surface area (Å²) in [4.78, 5) is 9.73. The average molecular weight is 304 g/mol. The molecule has 5 heteroatoms. The molecule has 0 unspecified atom stereocenters. The molecule has 0 spiro atoms. The lowest BCUT2D eigenvalue weighted by molar-refractivity contribution is 0.110. The van der Waals surface area contributed by atoms with Gasteiger partial charge in [-0.05, 0) is 25.6 Å². The van der Waals surface area contributed by atoms with Crippen LogP contribution in [0.3, 0.4) is 0 Å². The molecular formula is C16H24N4S. The Hall–Kier alpha value is -1.17. The van der Waals surface area contributed by atoms with E-state index in [-0.39, 0.29) is 0 Å². The standard InChI is InChI=1S/C16H24N4S/c1-3-19-8-10-20(11-9-19)13(2)12-17-16-18-14-6-4-5-7-15(14)21-16/h4-7,13H,3,8-12H2,1-2H3,(H,17,18)/t13-/m0/s1. The lowest BCUT2D eigenvalue weighted by Gasteiger charge is -2.37. The van der Waals surface area contributed by atoms with Crippen molar-refractivity contribution in [2.45, 2.75) is 19.9 Å². The molecule has 0 amide bonds. The van der Waals surface area contributed by atoms with Crippen molar-refractivity contribution in [3.63, 3.8) is 0 Å². The Labute approximate surface area is 130 Å². The van der Waals surface area contributed by atoms with Gasteiger partial charge in [0.05, 0.1) is 10.2 Å². The largest absolute Gasteiger partial charge is 0.360 e. The molecule has 1 aromatic carbocycles. The molecule has 1 saturated heterocycles. The van der Waals surface area contributed by atoms with E-state index in [1.165, 1.54) is 37.4 Å². The summed E-state index contributed by atoms with van der Waals surface area (Å²) in [6.07, 6.45) is 0. The van der Waals surface area contributed by atoms with Crippen LogP contribution in [0.2, 0.25) is 0 Å². The fraction of sp³-hybridized carbons (Fsp3) is 0.562. The van der Waals surface area contributed by atoms with E-state index >= 15 is 0 Å². The van der Waals surface area contributed by atoms with Gasteiger partial charge in [0, 0.05) is 38.8 Å². The number of thiazole rings is 1. The van der Waals surface area contributed by atoms with Crippen molar-refractivity contribution in [2.24, 2.45) is 0 Å².